The van der Waals surface area contributed by atoms with Gasteiger partial charge in [-0.3, -0.25) is 0 Å². The van der Waals surface area contributed by atoms with E-state index in [-0.39, 0.29) is 0 Å². The summed E-state index contributed by atoms with van der Waals surface area (Å²) >= 11 is 13.3. The number of nitrogens with one attached hydrogen (secondary N) is 1. The third kappa shape index (κ3) is 2.07. The van der Waals surface area contributed by atoms with Crippen LogP contribution in [0.5, 0.6) is 0 Å². The van der Waals surface area contributed by atoms with Crippen LogP contribution >= 0.6 is 36.2 Å². The van der Waals surface area contributed by atoms with Gasteiger partial charge in [-0.2, -0.15) is 0 Å². The van der Waals surface area contributed by atoms with E-state index in [1.165, 1.54) is 16.7 Å². The summed E-state index contributed by atoms with van der Waals surface area (Å²) < 4.78 is 0. The van der Waals surface area contributed by atoms with Gasteiger partial charge in [0.1, 0.15) is 4.99 Å². The van der Waals surface area contributed by atoms with Crippen LogP contribution in [0, 0.1) is 13.8 Å². The number of anilines is 2. The van der Waals surface area contributed by atoms with Crippen LogP contribution in [0.1, 0.15) is 16.7 Å². The number of nitrogens with zero attached hydrogens (tertiary/aromatic N) is 1. The molecule has 5 heteroatoms. The predicted octanol–water partition coefficient (Wildman–Crippen LogP) is 4.79. The SMILES string of the molecule is Cc1cc(C)c2c(c1)C1(SCC(=S)N1c1ccccc1)C(=S)N2. The molecule has 23 heavy (non-hydrogen) atoms. The molecule has 116 valence electrons. The minimum Gasteiger partial charge on any atom is -0.346 e. The van der Waals surface area contributed by atoms with Gasteiger partial charge in [-0.25, -0.2) is 0 Å². The summed E-state index contributed by atoms with van der Waals surface area (Å²) in [5.74, 6) is 0.804. The maximum Gasteiger partial charge on any atom is 0.170 e. The highest BCUT2D eigenvalue weighted by atomic mass is 32.2. The summed E-state index contributed by atoms with van der Waals surface area (Å²) in [6.07, 6.45) is 0. The molecule has 0 aromatic heterocycles. The van der Waals surface area contributed by atoms with Gasteiger partial charge in [0, 0.05) is 22.7 Å². The van der Waals surface area contributed by atoms with E-state index >= 15 is 0 Å². The van der Waals surface area contributed by atoms with Gasteiger partial charge in [0.05, 0.1) is 4.99 Å². The topological polar surface area (TPSA) is 15.3 Å². The molecule has 0 radical (unpaired) electrons. The Hall–Kier alpha value is -1.43. The lowest BCUT2D eigenvalue weighted by atomic mass is 10.00. The lowest BCUT2D eigenvalue weighted by Crippen LogP contribution is -2.45. The monoisotopic (exact) mass is 356 g/mol. The Morgan fingerprint density at radius 2 is 1.87 bits per heavy atom. The van der Waals surface area contributed by atoms with Crippen molar-refractivity contribution >= 4 is 57.5 Å². The zero-order valence-electron chi connectivity index (χ0n) is 12.9. The van der Waals surface area contributed by atoms with Crippen molar-refractivity contribution in [3.05, 3.63) is 59.2 Å². The molecular weight excluding hydrogens is 340 g/mol. The summed E-state index contributed by atoms with van der Waals surface area (Å²) in [5, 5.41) is 3.46. The Labute approximate surface area is 151 Å². The predicted molar refractivity (Wildman–Crippen MR) is 108 cm³/mol. The number of hydrogen-bond donors (Lipinski definition) is 1. The molecule has 1 saturated heterocycles. The van der Waals surface area contributed by atoms with Crippen molar-refractivity contribution in [2.45, 2.75) is 18.7 Å². The first kappa shape index (κ1) is 15.1. The van der Waals surface area contributed by atoms with E-state index in [1.807, 2.05) is 30.0 Å². The second-order valence-electron chi connectivity index (χ2n) is 5.96. The molecule has 2 aromatic carbocycles. The summed E-state index contributed by atoms with van der Waals surface area (Å²) in [5.41, 5.74) is 5.94. The normalized spacial score (nSPS) is 22.6. The Balaban J connectivity index is 1.98. The Kier molecular flexibility index (Phi) is 3.48. The first-order valence-electron chi connectivity index (χ1n) is 7.49. The maximum absolute atomic E-state index is 5.80. The highest BCUT2D eigenvalue weighted by Crippen LogP contribution is 2.55. The van der Waals surface area contributed by atoms with Crippen LogP contribution < -0.4 is 10.2 Å². The fourth-order valence-electron chi connectivity index (χ4n) is 3.46. The first-order chi connectivity index (χ1) is 11.0. The standard InChI is InChI=1S/C18H16N2S3/c1-11-8-12(2)16-14(9-11)18(17(22)19-16)20(15(21)10-23-18)13-6-4-3-5-7-13/h3-9H,10H2,1-2H3,(H,19,22). The van der Waals surface area contributed by atoms with Gasteiger partial charge in [0.2, 0.25) is 0 Å². The molecule has 2 nitrogen and oxygen atoms in total. The number of benzene rings is 2. The van der Waals surface area contributed by atoms with Crippen LogP contribution in [0.3, 0.4) is 0 Å². The number of fused-ring (bicyclic) bond motifs is 2. The lowest BCUT2D eigenvalue weighted by molar-refractivity contribution is 0.898. The summed E-state index contributed by atoms with van der Waals surface area (Å²) in [6.45, 7) is 4.26. The number of aryl methyl sites for hydroxylation is 2. The molecular formula is C18H16N2S3. The maximum atomic E-state index is 5.80. The van der Waals surface area contributed by atoms with Crippen LogP contribution in [-0.4, -0.2) is 15.7 Å². The summed E-state index contributed by atoms with van der Waals surface area (Å²) in [4.78, 5) is 3.57. The number of thiocarbonyl (C=S) groups is 2. The molecule has 1 spiro atoms. The number of thioether (sulfide) groups is 1. The molecule has 1 N–H and O–H groups in total. The molecule has 2 heterocycles. The van der Waals surface area contributed by atoms with E-state index in [2.05, 4.69) is 48.3 Å². The smallest absolute Gasteiger partial charge is 0.170 e. The van der Waals surface area contributed by atoms with Crippen molar-refractivity contribution in [3.8, 4) is 0 Å². The third-order valence-electron chi connectivity index (χ3n) is 4.37. The van der Waals surface area contributed by atoms with Gasteiger partial charge >= 0.3 is 0 Å². The molecule has 1 unspecified atom stereocenters. The van der Waals surface area contributed by atoms with Crippen LogP contribution in [0.2, 0.25) is 0 Å². The van der Waals surface area contributed by atoms with Gasteiger partial charge < -0.3 is 10.2 Å². The van der Waals surface area contributed by atoms with Crippen molar-refractivity contribution in [1.29, 1.82) is 0 Å². The first-order valence-corrected chi connectivity index (χ1v) is 9.29. The van der Waals surface area contributed by atoms with Crippen molar-refractivity contribution in [3.63, 3.8) is 0 Å². The fraction of sp³-hybridized carbons (Fsp3) is 0.222. The molecule has 1 fully saturated rings. The van der Waals surface area contributed by atoms with E-state index in [0.29, 0.717) is 0 Å². The quantitative estimate of drug-likeness (QED) is 0.737. The summed E-state index contributed by atoms with van der Waals surface area (Å²) in [6, 6.07) is 14.7. The number of para-hydroxylation sites is 1. The van der Waals surface area contributed by atoms with Gasteiger partial charge in [-0.1, -0.05) is 60.3 Å². The third-order valence-corrected chi connectivity index (χ3v) is 6.85. The molecule has 0 saturated carbocycles. The molecule has 0 amide bonds. The van der Waals surface area contributed by atoms with E-state index < -0.39 is 4.87 Å². The number of hydrogen-bond acceptors (Lipinski definition) is 3. The van der Waals surface area contributed by atoms with Crippen molar-refractivity contribution in [2.24, 2.45) is 0 Å². The second-order valence-corrected chi connectivity index (χ2v) is 8.00. The molecule has 0 aliphatic carbocycles. The minimum atomic E-state index is -0.417. The molecule has 2 aliphatic rings. The van der Waals surface area contributed by atoms with Crippen molar-refractivity contribution < 1.29 is 0 Å². The molecule has 0 bridgehead atoms. The van der Waals surface area contributed by atoms with E-state index in [4.69, 9.17) is 24.4 Å². The van der Waals surface area contributed by atoms with Gasteiger partial charge in [0.25, 0.3) is 0 Å². The Bertz CT molecular complexity index is 832. The van der Waals surface area contributed by atoms with Crippen molar-refractivity contribution in [2.75, 3.05) is 16.0 Å². The molecule has 4 rings (SSSR count). The zero-order chi connectivity index (χ0) is 16.2. The summed E-state index contributed by atoms with van der Waals surface area (Å²) in [7, 11) is 0. The molecule has 2 aromatic rings. The Morgan fingerprint density at radius 1 is 1.13 bits per heavy atom. The van der Waals surface area contributed by atoms with E-state index in [1.54, 1.807) is 0 Å². The Morgan fingerprint density at radius 3 is 2.61 bits per heavy atom. The fourth-order valence-corrected chi connectivity index (χ4v) is 5.72. The van der Waals surface area contributed by atoms with E-state index in [9.17, 15) is 0 Å². The number of rotatable bonds is 1. The average Bonchev–Trinajstić information content (AvgIpc) is 3.01. The highest BCUT2D eigenvalue weighted by Gasteiger charge is 2.54. The second kappa shape index (κ2) is 5.30. The van der Waals surface area contributed by atoms with Crippen LogP contribution in [0.15, 0.2) is 42.5 Å². The minimum absolute atomic E-state index is 0.417. The molecule has 1 atom stereocenters. The lowest BCUT2D eigenvalue weighted by Gasteiger charge is -2.35. The highest BCUT2D eigenvalue weighted by molar-refractivity contribution is 8.04. The van der Waals surface area contributed by atoms with Gasteiger partial charge in [-0.15, -0.1) is 11.8 Å². The zero-order valence-corrected chi connectivity index (χ0v) is 15.4. The largest absolute Gasteiger partial charge is 0.346 e. The van der Waals surface area contributed by atoms with Crippen LogP contribution in [0.4, 0.5) is 11.4 Å². The van der Waals surface area contributed by atoms with Crippen LogP contribution in [0.25, 0.3) is 0 Å². The van der Waals surface area contributed by atoms with Gasteiger partial charge in [0.15, 0.2) is 4.87 Å². The molecule has 2 aliphatic heterocycles. The van der Waals surface area contributed by atoms with Gasteiger partial charge in [-0.05, 0) is 31.5 Å². The average molecular weight is 357 g/mol. The van der Waals surface area contributed by atoms with Crippen molar-refractivity contribution in [1.82, 2.24) is 0 Å². The van der Waals surface area contributed by atoms with Crippen LogP contribution in [-0.2, 0) is 4.87 Å². The van der Waals surface area contributed by atoms with E-state index in [0.717, 1.165) is 27.1 Å².